The topological polar surface area (TPSA) is 95.8 Å². The standard InChI is InChI=1S/C20H25N7O/c1-13(16-3-6-24-26(16)2)28-17-9-14(11-23-19(17)21)15-10-18-20(4-7-22-12-20)5-8-27(18)25-15/h3,6,9-11,13,22H,4-5,7-8,12H2,1-2H3,(H2,21,23)/t13?,20-/m1/s1. The van der Waals surface area contributed by atoms with Gasteiger partial charge >= 0.3 is 0 Å². The highest BCUT2D eigenvalue weighted by Crippen LogP contribution is 2.41. The van der Waals surface area contributed by atoms with E-state index in [0.29, 0.717) is 11.6 Å². The number of rotatable bonds is 4. The largest absolute Gasteiger partial charge is 0.481 e. The molecule has 0 aliphatic carbocycles. The van der Waals surface area contributed by atoms with Crippen LogP contribution in [0.4, 0.5) is 5.82 Å². The van der Waals surface area contributed by atoms with E-state index < -0.39 is 0 Å². The molecule has 146 valence electrons. The summed E-state index contributed by atoms with van der Waals surface area (Å²) >= 11 is 0. The van der Waals surface area contributed by atoms with Gasteiger partial charge in [0.2, 0.25) is 0 Å². The molecule has 5 rings (SSSR count). The highest BCUT2D eigenvalue weighted by Gasteiger charge is 2.42. The minimum Gasteiger partial charge on any atom is -0.481 e. The van der Waals surface area contributed by atoms with Crippen LogP contribution in [-0.4, -0.2) is 37.6 Å². The lowest BCUT2D eigenvalue weighted by Crippen LogP contribution is -2.25. The van der Waals surface area contributed by atoms with Crippen LogP contribution in [0, 0.1) is 0 Å². The number of aromatic nitrogens is 5. The van der Waals surface area contributed by atoms with Crippen molar-refractivity contribution in [1.29, 1.82) is 0 Å². The number of nitrogens with two attached hydrogens (primary N) is 1. The first-order valence-electron chi connectivity index (χ1n) is 9.75. The molecule has 1 fully saturated rings. The lowest BCUT2D eigenvalue weighted by Gasteiger charge is -2.20. The van der Waals surface area contributed by atoms with Gasteiger partial charge in [0, 0.05) is 49.2 Å². The van der Waals surface area contributed by atoms with Crippen LogP contribution >= 0.6 is 0 Å². The zero-order chi connectivity index (χ0) is 19.3. The molecule has 8 nitrogen and oxygen atoms in total. The second-order valence-electron chi connectivity index (χ2n) is 7.84. The molecule has 3 N–H and O–H groups in total. The number of ether oxygens (including phenoxy) is 1. The number of aryl methyl sites for hydroxylation is 2. The number of nitrogen functional groups attached to an aromatic ring is 1. The Bertz CT molecular complexity index is 1020. The molecule has 0 amide bonds. The maximum atomic E-state index is 6.11. The minimum atomic E-state index is -0.188. The molecule has 3 aromatic rings. The molecule has 8 heteroatoms. The van der Waals surface area contributed by atoms with Crippen LogP contribution in [0.3, 0.4) is 0 Å². The number of fused-ring (bicyclic) bond motifs is 2. The van der Waals surface area contributed by atoms with Crippen molar-refractivity contribution >= 4 is 5.82 Å². The van der Waals surface area contributed by atoms with Crippen molar-refractivity contribution in [1.82, 2.24) is 29.9 Å². The molecule has 1 unspecified atom stereocenters. The smallest absolute Gasteiger partial charge is 0.166 e. The van der Waals surface area contributed by atoms with Crippen LogP contribution in [0.15, 0.2) is 30.6 Å². The van der Waals surface area contributed by atoms with Gasteiger partial charge in [-0.25, -0.2) is 4.98 Å². The maximum absolute atomic E-state index is 6.11. The van der Waals surface area contributed by atoms with Gasteiger partial charge in [0.1, 0.15) is 6.10 Å². The Kier molecular flexibility index (Phi) is 3.90. The third-order valence-corrected chi connectivity index (χ3v) is 6.13. The fourth-order valence-electron chi connectivity index (χ4n) is 4.50. The molecular weight excluding hydrogens is 354 g/mol. The molecule has 0 saturated carbocycles. The number of hydrogen-bond donors (Lipinski definition) is 2. The molecule has 0 aromatic carbocycles. The summed E-state index contributed by atoms with van der Waals surface area (Å²) in [6.45, 7) is 5.06. The molecule has 1 spiro atoms. The fraction of sp³-hybridized carbons (Fsp3) is 0.450. The van der Waals surface area contributed by atoms with Crippen LogP contribution in [-0.2, 0) is 19.0 Å². The van der Waals surface area contributed by atoms with Crippen molar-refractivity contribution < 1.29 is 4.74 Å². The summed E-state index contributed by atoms with van der Waals surface area (Å²) in [6.07, 6.45) is 5.68. The Morgan fingerprint density at radius 3 is 2.96 bits per heavy atom. The Labute approximate surface area is 163 Å². The zero-order valence-corrected chi connectivity index (χ0v) is 16.2. The number of nitrogens with zero attached hydrogens (tertiary/aromatic N) is 5. The van der Waals surface area contributed by atoms with Gasteiger partial charge in [-0.2, -0.15) is 10.2 Å². The minimum absolute atomic E-state index is 0.188. The van der Waals surface area contributed by atoms with E-state index in [-0.39, 0.29) is 11.5 Å². The highest BCUT2D eigenvalue weighted by atomic mass is 16.5. The average molecular weight is 379 g/mol. The molecule has 2 atom stereocenters. The fourth-order valence-corrected chi connectivity index (χ4v) is 4.50. The van der Waals surface area contributed by atoms with E-state index in [2.05, 4.69) is 26.1 Å². The lowest BCUT2D eigenvalue weighted by atomic mass is 9.82. The van der Waals surface area contributed by atoms with E-state index >= 15 is 0 Å². The van der Waals surface area contributed by atoms with Crippen LogP contribution in [0.25, 0.3) is 11.3 Å². The van der Waals surface area contributed by atoms with Crippen molar-refractivity contribution in [3.05, 3.63) is 42.0 Å². The lowest BCUT2D eigenvalue weighted by molar-refractivity contribution is 0.217. The van der Waals surface area contributed by atoms with E-state index in [0.717, 1.165) is 36.6 Å². The second-order valence-corrected chi connectivity index (χ2v) is 7.84. The molecule has 2 aliphatic rings. The summed E-state index contributed by atoms with van der Waals surface area (Å²) in [5.41, 5.74) is 10.5. The summed E-state index contributed by atoms with van der Waals surface area (Å²) in [5, 5.41) is 12.5. The predicted octanol–water partition coefficient (Wildman–Crippen LogP) is 2.04. The van der Waals surface area contributed by atoms with Gasteiger partial charge in [0.15, 0.2) is 11.6 Å². The van der Waals surface area contributed by atoms with Crippen molar-refractivity contribution in [3.8, 4) is 17.0 Å². The summed E-state index contributed by atoms with van der Waals surface area (Å²) in [6, 6.07) is 6.08. The van der Waals surface area contributed by atoms with Gasteiger partial charge < -0.3 is 15.8 Å². The molecule has 2 aliphatic heterocycles. The summed E-state index contributed by atoms with van der Waals surface area (Å²) in [5.74, 6) is 0.942. The SMILES string of the molecule is CC(Oc1cc(-c2cc3n(n2)CC[C@@]32CCNC2)cnc1N)c1ccnn1C. The number of anilines is 1. The molecule has 0 radical (unpaired) electrons. The molecule has 1 saturated heterocycles. The summed E-state index contributed by atoms with van der Waals surface area (Å²) in [7, 11) is 1.90. The average Bonchev–Trinajstić information content (AvgIpc) is 3.44. The van der Waals surface area contributed by atoms with Crippen molar-refractivity contribution in [2.24, 2.45) is 7.05 Å². The van der Waals surface area contributed by atoms with Gasteiger partial charge in [-0.1, -0.05) is 0 Å². The molecular formula is C20H25N7O. The Morgan fingerprint density at radius 1 is 1.32 bits per heavy atom. The van der Waals surface area contributed by atoms with Gasteiger partial charge in [0.25, 0.3) is 0 Å². The third kappa shape index (κ3) is 2.67. The normalized spacial score (nSPS) is 21.9. The first-order valence-corrected chi connectivity index (χ1v) is 9.75. The van der Waals surface area contributed by atoms with E-state index in [4.69, 9.17) is 15.6 Å². The number of hydrogen-bond acceptors (Lipinski definition) is 6. The monoisotopic (exact) mass is 379 g/mol. The number of pyridine rings is 1. The second kappa shape index (κ2) is 6.34. The first-order chi connectivity index (χ1) is 13.6. The summed E-state index contributed by atoms with van der Waals surface area (Å²) in [4.78, 5) is 4.35. The molecule has 0 bridgehead atoms. The van der Waals surface area contributed by atoms with E-state index in [1.54, 1.807) is 17.1 Å². The Balaban J connectivity index is 1.45. The van der Waals surface area contributed by atoms with Crippen molar-refractivity contribution in [3.63, 3.8) is 0 Å². The zero-order valence-electron chi connectivity index (χ0n) is 16.2. The first kappa shape index (κ1) is 17.2. The predicted molar refractivity (Wildman–Crippen MR) is 106 cm³/mol. The third-order valence-electron chi connectivity index (χ3n) is 6.13. The van der Waals surface area contributed by atoms with Gasteiger partial charge in [-0.05, 0) is 44.5 Å². The van der Waals surface area contributed by atoms with Gasteiger partial charge in [0.05, 0.1) is 11.4 Å². The maximum Gasteiger partial charge on any atom is 0.166 e. The van der Waals surface area contributed by atoms with Gasteiger partial charge in [-0.15, -0.1) is 0 Å². The van der Waals surface area contributed by atoms with E-state index in [1.807, 2.05) is 26.1 Å². The van der Waals surface area contributed by atoms with Crippen LogP contribution < -0.4 is 15.8 Å². The Hall–Kier alpha value is -2.87. The highest BCUT2D eigenvalue weighted by molar-refractivity contribution is 5.64. The van der Waals surface area contributed by atoms with Crippen LogP contribution in [0.1, 0.15) is 37.3 Å². The number of nitrogens with one attached hydrogen (secondary N) is 1. The van der Waals surface area contributed by atoms with E-state index in [9.17, 15) is 0 Å². The van der Waals surface area contributed by atoms with Crippen molar-refractivity contribution in [2.75, 3.05) is 18.8 Å². The quantitative estimate of drug-likeness (QED) is 0.720. The van der Waals surface area contributed by atoms with Gasteiger partial charge in [-0.3, -0.25) is 9.36 Å². The van der Waals surface area contributed by atoms with Crippen LogP contribution in [0.2, 0.25) is 0 Å². The Morgan fingerprint density at radius 2 is 2.21 bits per heavy atom. The van der Waals surface area contributed by atoms with E-state index in [1.165, 1.54) is 18.5 Å². The summed E-state index contributed by atoms with van der Waals surface area (Å²) < 4.78 is 10.1. The molecule has 3 aromatic heterocycles. The van der Waals surface area contributed by atoms with Crippen LogP contribution in [0.5, 0.6) is 5.75 Å². The molecule has 28 heavy (non-hydrogen) atoms. The molecule has 5 heterocycles. The van der Waals surface area contributed by atoms with Crippen molar-refractivity contribution in [2.45, 2.75) is 37.8 Å².